The summed E-state index contributed by atoms with van der Waals surface area (Å²) in [5, 5.41) is 0. The van der Waals surface area contributed by atoms with Crippen molar-refractivity contribution < 1.29 is 4.79 Å². The third kappa shape index (κ3) is 3.00. The van der Waals surface area contributed by atoms with Gasteiger partial charge in [0.15, 0.2) is 6.17 Å². The van der Waals surface area contributed by atoms with Gasteiger partial charge < -0.3 is 11.5 Å². The van der Waals surface area contributed by atoms with Crippen molar-refractivity contribution >= 4 is 11.7 Å². The number of rotatable bonds is 2. The molecule has 10 heavy (non-hydrogen) atoms. The Hall–Kier alpha value is -1.14. The molecule has 0 aliphatic rings. The molecular formula is C4H11N5O. The minimum Gasteiger partial charge on any atom is -0.388 e. The second-order valence-corrected chi connectivity index (χ2v) is 1.72. The average molecular weight is 145 g/mol. The fraction of sp³-hybridized carbons (Fsp3) is 0.500. The Morgan fingerprint density at radius 3 is 2.50 bits per heavy atom. The van der Waals surface area contributed by atoms with Crippen molar-refractivity contribution in [3.63, 3.8) is 0 Å². The Bertz CT molecular complexity index is 150. The van der Waals surface area contributed by atoms with Crippen molar-refractivity contribution in [1.82, 2.24) is 5.43 Å². The van der Waals surface area contributed by atoms with Gasteiger partial charge in [0.1, 0.15) is 0 Å². The van der Waals surface area contributed by atoms with Crippen molar-refractivity contribution in [2.45, 2.75) is 13.1 Å². The van der Waals surface area contributed by atoms with Gasteiger partial charge in [-0.05, 0) is 6.92 Å². The van der Waals surface area contributed by atoms with Gasteiger partial charge >= 0.3 is 0 Å². The third-order valence-corrected chi connectivity index (χ3v) is 0.754. The van der Waals surface area contributed by atoms with E-state index in [0.717, 1.165) is 0 Å². The standard InChI is InChI=1S/C4H11N5O/c1-2(5)8-3(6)4(10)9-7/h3H,6-7H2,1H3,(H2,5,8)(H,9,10). The minimum absolute atomic E-state index is 0.246. The van der Waals surface area contributed by atoms with Gasteiger partial charge in [-0.2, -0.15) is 0 Å². The molecule has 6 heteroatoms. The number of nitrogens with one attached hydrogen (secondary N) is 1. The molecule has 0 radical (unpaired) electrons. The van der Waals surface area contributed by atoms with Crippen LogP contribution in [0.4, 0.5) is 0 Å². The van der Waals surface area contributed by atoms with Gasteiger partial charge in [0.05, 0.1) is 5.84 Å². The molecule has 1 unspecified atom stereocenters. The Morgan fingerprint density at radius 1 is 1.70 bits per heavy atom. The van der Waals surface area contributed by atoms with Crippen molar-refractivity contribution in [3.8, 4) is 0 Å². The second kappa shape index (κ2) is 3.80. The number of amidine groups is 1. The summed E-state index contributed by atoms with van der Waals surface area (Å²) in [6.45, 7) is 1.53. The first-order valence-electron chi connectivity index (χ1n) is 2.64. The van der Waals surface area contributed by atoms with Gasteiger partial charge in [-0.3, -0.25) is 10.2 Å². The summed E-state index contributed by atoms with van der Waals surface area (Å²) in [5.41, 5.74) is 12.1. The highest BCUT2D eigenvalue weighted by molar-refractivity contribution is 5.85. The van der Waals surface area contributed by atoms with Gasteiger partial charge in [0, 0.05) is 0 Å². The molecule has 0 aromatic heterocycles. The van der Waals surface area contributed by atoms with Gasteiger partial charge in [0.25, 0.3) is 5.91 Å². The van der Waals surface area contributed by atoms with E-state index in [4.69, 9.17) is 17.3 Å². The highest BCUT2D eigenvalue weighted by Crippen LogP contribution is 1.79. The van der Waals surface area contributed by atoms with Crippen molar-refractivity contribution in [2.75, 3.05) is 0 Å². The predicted molar refractivity (Wildman–Crippen MR) is 37.6 cm³/mol. The second-order valence-electron chi connectivity index (χ2n) is 1.72. The quantitative estimate of drug-likeness (QED) is 0.114. The lowest BCUT2D eigenvalue weighted by Crippen LogP contribution is -2.43. The lowest BCUT2D eigenvalue weighted by Gasteiger charge is -2.03. The molecule has 58 valence electrons. The number of hydrazine groups is 1. The van der Waals surface area contributed by atoms with Gasteiger partial charge in [0.2, 0.25) is 0 Å². The van der Waals surface area contributed by atoms with Crippen LogP contribution in [0.15, 0.2) is 4.99 Å². The molecule has 0 bridgehead atoms. The molecule has 1 amide bonds. The van der Waals surface area contributed by atoms with Crippen molar-refractivity contribution in [1.29, 1.82) is 0 Å². The molecule has 7 N–H and O–H groups in total. The summed E-state index contributed by atoms with van der Waals surface area (Å²) in [6.07, 6.45) is -1.00. The average Bonchev–Trinajstić information content (AvgIpc) is 1.85. The van der Waals surface area contributed by atoms with Gasteiger partial charge in [-0.1, -0.05) is 0 Å². The highest BCUT2D eigenvalue weighted by atomic mass is 16.2. The smallest absolute Gasteiger partial charge is 0.273 e. The Kier molecular flexibility index (Phi) is 3.37. The van der Waals surface area contributed by atoms with Crippen LogP contribution >= 0.6 is 0 Å². The van der Waals surface area contributed by atoms with E-state index in [-0.39, 0.29) is 5.84 Å². The zero-order valence-corrected chi connectivity index (χ0v) is 5.66. The number of aliphatic imine (C=N–C) groups is 1. The van der Waals surface area contributed by atoms with Gasteiger partial charge in [-0.15, -0.1) is 0 Å². The maximum Gasteiger partial charge on any atom is 0.273 e. The molecule has 6 nitrogen and oxygen atoms in total. The van der Waals surface area contributed by atoms with Crippen LogP contribution in [0, 0.1) is 0 Å². The number of hydrogen-bond acceptors (Lipinski definition) is 4. The van der Waals surface area contributed by atoms with E-state index in [1.54, 1.807) is 0 Å². The number of carbonyl (C=O) groups is 1. The molecule has 0 saturated carbocycles. The predicted octanol–water partition coefficient (Wildman–Crippen LogP) is -2.36. The summed E-state index contributed by atoms with van der Waals surface area (Å²) < 4.78 is 0. The van der Waals surface area contributed by atoms with E-state index in [1.165, 1.54) is 6.92 Å². The number of amides is 1. The Balaban J connectivity index is 3.96. The zero-order chi connectivity index (χ0) is 8.15. The largest absolute Gasteiger partial charge is 0.388 e. The molecular weight excluding hydrogens is 134 g/mol. The van der Waals surface area contributed by atoms with Crippen LogP contribution in [0.25, 0.3) is 0 Å². The fourth-order valence-corrected chi connectivity index (χ4v) is 0.363. The van der Waals surface area contributed by atoms with Crippen LogP contribution in [-0.2, 0) is 4.79 Å². The van der Waals surface area contributed by atoms with E-state index >= 15 is 0 Å². The maximum absolute atomic E-state index is 10.5. The van der Waals surface area contributed by atoms with E-state index in [1.807, 2.05) is 5.43 Å². The van der Waals surface area contributed by atoms with Crippen LogP contribution in [-0.4, -0.2) is 17.9 Å². The minimum atomic E-state index is -1.00. The number of carbonyl (C=O) groups excluding carboxylic acids is 1. The summed E-state index contributed by atoms with van der Waals surface area (Å²) in [6, 6.07) is 0. The van der Waals surface area contributed by atoms with E-state index in [0.29, 0.717) is 0 Å². The number of hydrogen-bond donors (Lipinski definition) is 4. The summed E-state index contributed by atoms with van der Waals surface area (Å²) in [5.74, 6) is 4.44. The SMILES string of the molecule is CC(N)=NC(N)C(=O)NN. The molecule has 0 aliphatic heterocycles. The molecule has 0 aromatic carbocycles. The topological polar surface area (TPSA) is 120 Å². The molecule has 0 rings (SSSR count). The lowest BCUT2D eigenvalue weighted by atomic mass is 10.5. The van der Waals surface area contributed by atoms with E-state index in [9.17, 15) is 4.79 Å². The van der Waals surface area contributed by atoms with Crippen LogP contribution in [0.1, 0.15) is 6.92 Å². The number of nitrogens with zero attached hydrogens (tertiary/aromatic N) is 1. The monoisotopic (exact) mass is 145 g/mol. The zero-order valence-electron chi connectivity index (χ0n) is 5.66. The van der Waals surface area contributed by atoms with Crippen LogP contribution in [0.2, 0.25) is 0 Å². The summed E-state index contributed by atoms with van der Waals surface area (Å²) in [7, 11) is 0. The Labute approximate surface area is 58.4 Å². The molecule has 0 spiro atoms. The first-order chi connectivity index (χ1) is 4.57. The molecule has 0 aliphatic carbocycles. The van der Waals surface area contributed by atoms with Gasteiger partial charge in [-0.25, -0.2) is 10.8 Å². The molecule has 0 aromatic rings. The van der Waals surface area contributed by atoms with E-state index < -0.39 is 12.1 Å². The third-order valence-electron chi connectivity index (χ3n) is 0.754. The first kappa shape index (κ1) is 8.86. The summed E-state index contributed by atoms with van der Waals surface area (Å²) >= 11 is 0. The summed E-state index contributed by atoms with van der Waals surface area (Å²) in [4.78, 5) is 14.1. The van der Waals surface area contributed by atoms with Crippen molar-refractivity contribution in [3.05, 3.63) is 0 Å². The molecule has 0 fully saturated rings. The molecule has 0 saturated heterocycles. The Morgan fingerprint density at radius 2 is 2.20 bits per heavy atom. The first-order valence-corrected chi connectivity index (χ1v) is 2.64. The lowest BCUT2D eigenvalue weighted by molar-refractivity contribution is -0.122. The fourth-order valence-electron chi connectivity index (χ4n) is 0.363. The van der Waals surface area contributed by atoms with Crippen molar-refractivity contribution in [2.24, 2.45) is 22.3 Å². The number of nitrogens with two attached hydrogens (primary N) is 3. The van der Waals surface area contributed by atoms with Crippen LogP contribution in [0.5, 0.6) is 0 Å². The molecule has 0 heterocycles. The van der Waals surface area contributed by atoms with Crippen LogP contribution < -0.4 is 22.7 Å². The van der Waals surface area contributed by atoms with Crippen LogP contribution in [0.3, 0.4) is 0 Å². The normalized spacial score (nSPS) is 14.5. The highest BCUT2D eigenvalue weighted by Gasteiger charge is 2.08. The van der Waals surface area contributed by atoms with E-state index in [2.05, 4.69) is 4.99 Å². The maximum atomic E-state index is 10.5. The molecule has 1 atom stereocenters.